The first-order chi connectivity index (χ1) is 14.7. The molecule has 0 aromatic heterocycles. The summed E-state index contributed by atoms with van der Waals surface area (Å²) in [5.41, 5.74) is 3.36. The van der Waals surface area contributed by atoms with E-state index in [1.807, 2.05) is 41.3 Å². The second kappa shape index (κ2) is 8.31. The Bertz CT molecular complexity index is 913. The lowest BCUT2D eigenvalue weighted by molar-refractivity contribution is -0.126. The maximum Gasteiger partial charge on any atom is 0.230 e. The summed E-state index contributed by atoms with van der Waals surface area (Å²) in [7, 11) is 0. The van der Waals surface area contributed by atoms with Crippen molar-refractivity contribution in [3.63, 3.8) is 0 Å². The predicted octanol–water partition coefficient (Wildman–Crippen LogP) is 3.44. The normalized spacial score (nSPS) is 26.6. The maximum atomic E-state index is 13.4. The number of halogens is 1. The van der Waals surface area contributed by atoms with Crippen LogP contribution in [-0.4, -0.2) is 54.4 Å². The molecule has 30 heavy (non-hydrogen) atoms. The minimum atomic E-state index is 0.0294. The van der Waals surface area contributed by atoms with Gasteiger partial charge in [0.25, 0.3) is 0 Å². The van der Waals surface area contributed by atoms with Crippen LogP contribution in [0.5, 0.6) is 0 Å². The van der Waals surface area contributed by atoms with Gasteiger partial charge in [0, 0.05) is 60.9 Å². The van der Waals surface area contributed by atoms with Crippen molar-refractivity contribution in [2.45, 2.75) is 37.4 Å². The highest BCUT2D eigenvalue weighted by molar-refractivity contribution is 6.30. The summed E-state index contributed by atoms with van der Waals surface area (Å²) < 4.78 is 5.46. The molecule has 2 fully saturated rings. The standard InChI is InChI=1S/C24H27ClN2O3/c25-18-7-5-16(6-8-18)13-26-21-14-27(24(29)17-9-11-30-12-10-17)20-4-2-1-3-19(20)23(21)22(26)15-28/h1-8,17,21-23,28H,9-15H2/t21-,22+,23-/m1/s1. The number of hydrogen-bond donors (Lipinski definition) is 1. The Kier molecular flexibility index (Phi) is 5.54. The molecule has 2 aromatic carbocycles. The summed E-state index contributed by atoms with van der Waals surface area (Å²) >= 11 is 6.04. The van der Waals surface area contributed by atoms with E-state index in [0.29, 0.717) is 19.8 Å². The molecular weight excluding hydrogens is 400 g/mol. The number of carbonyl (C=O) groups excluding carboxylic acids is 1. The van der Waals surface area contributed by atoms with Crippen LogP contribution in [0.4, 0.5) is 5.69 Å². The molecule has 0 aliphatic carbocycles. The average molecular weight is 427 g/mol. The minimum absolute atomic E-state index is 0.0294. The van der Waals surface area contributed by atoms with E-state index < -0.39 is 0 Å². The zero-order valence-electron chi connectivity index (χ0n) is 16.9. The molecule has 0 radical (unpaired) electrons. The van der Waals surface area contributed by atoms with E-state index in [0.717, 1.165) is 35.7 Å². The maximum absolute atomic E-state index is 13.4. The zero-order valence-corrected chi connectivity index (χ0v) is 17.7. The van der Waals surface area contributed by atoms with E-state index >= 15 is 0 Å². The number of nitrogens with zero attached hydrogens (tertiary/aromatic N) is 2. The van der Waals surface area contributed by atoms with Gasteiger partial charge in [-0.1, -0.05) is 41.9 Å². The molecule has 0 spiro atoms. The number of fused-ring (bicyclic) bond motifs is 3. The lowest BCUT2D eigenvalue weighted by Crippen LogP contribution is -2.69. The molecule has 158 valence electrons. The second-order valence-electron chi connectivity index (χ2n) is 8.54. The highest BCUT2D eigenvalue weighted by atomic mass is 35.5. The topological polar surface area (TPSA) is 53.0 Å². The van der Waals surface area contributed by atoms with Gasteiger partial charge in [0.15, 0.2) is 0 Å². The first kappa shape index (κ1) is 20.0. The molecule has 3 heterocycles. The third-order valence-electron chi connectivity index (χ3n) is 6.94. The molecule has 3 atom stereocenters. The number of para-hydroxylation sites is 1. The number of ether oxygens (including phenoxy) is 1. The van der Waals surface area contributed by atoms with Crippen molar-refractivity contribution < 1.29 is 14.6 Å². The summed E-state index contributed by atoms with van der Waals surface area (Å²) in [6, 6.07) is 16.4. The van der Waals surface area contributed by atoms with E-state index in [1.54, 1.807) is 0 Å². The van der Waals surface area contributed by atoms with E-state index in [-0.39, 0.29) is 36.4 Å². The summed E-state index contributed by atoms with van der Waals surface area (Å²) in [5, 5.41) is 10.9. The Labute approximate surface area is 182 Å². The highest BCUT2D eigenvalue weighted by Gasteiger charge is 2.53. The van der Waals surface area contributed by atoms with Gasteiger partial charge in [-0.05, 0) is 42.2 Å². The Morgan fingerprint density at radius 2 is 1.83 bits per heavy atom. The predicted molar refractivity (Wildman–Crippen MR) is 117 cm³/mol. The van der Waals surface area contributed by atoms with Gasteiger partial charge < -0.3 is 14.7 Å². The Balaban J connectivity index is 1.44. The minimum Gasteiger partial charge on any atom is -0.395 e. The zero-order chi connectivity index (χ0) is 20.7. The molecule has 0 saturated carbocycles. The fourth-order valence-corrected chi connectivity index (χ4v) is 5.50. The van der Waals surface area contributed by atoms with Crippen LogP contribution in [0.2, 0.25) is 5.02 Å². The van der Waals surface area contributed by atoms with Crippen LogP contribution < -0.4 is 4.90 Å². The van der Waals surface area contributed by atoms with Crippen molar-refractivity contribution in [2.24, 2.45) is 5.92 Å². The van der Waals surface area contributed by atoms with Crippen molar-refractivity contribution >= 4 is 23.2 Å². The number of amides is 1. The smallest absolute Gasteiger partial charge is 0.230 e. The van der Waals surface area contributed by atoms with E-state index in [1.165, 1.54) is 5.56 Å². The van der Waals surface area contributed by atoms with Crippen LogP contribution >= 0.6 is 11.6 Å². The van der Waals surface area contributed by atoms with Crippen molar-refractivity contribution in [3.05, 3.63) is 64.7 Å². The third-order valence-corrected chi connectivity index (χ3v) is 7.19. The van der Waals surface area contributed by atoms with Gasteiger partial charge in [-0.2, -0.15) is 0 Å². The van der Waals surface area contributed by atoms with Gasteiger partial charge in [0.2, 0.25) is 5.91 Å². The molecule has 3 aliphatic heterocycles. The number of likely N-dealkylation sites (tertiary alicyclic amines) is 1. The molecule has 3 aliphatic rings. The monoisotopic (exact) mass is 426 g/mol. The molecule has 2 aromatic rings. The fourth-order valence-electron chi connectivity index (χ4n) is 5.37. The van der Waals surface area contributed by atoms with Crippen molar-refractivity contribution in [1.82, 2.24) is 4.90 Å². The summed E-state index contributed by atoms with van der Waals surface area (Å²) in [4.78, 5) is 17.8. The SMILES string of the molecule is O=C(C1CCOCC1)N1C[C@@H]2[C@@H](c3ccccc31)[C@H](CO)N2Cc1ccc(Cl)cc1. The summed E-state index contributed by atoms with van der Waals surface area (Å²) in [6.07, 6.45) is 1.58. The number of benzene rings is 2. The van der Waals surface area contributed by atoms with Crippen molar-refractivity contribution in [1.29, 1.82) is 0 Å². The molecule has 0 unspecified atom stereocenters. The van der Waals surface area contributed by atoms with Crippen LogP contribution in [0.3, 0.4) is 0 Å². The first-order valence-corrected chi connectivity index (χ1v) is 11.1. The van der Waals surface area contributed by atoms with Gasteiger partial charge in [-0.25, -0.2) is 0 Å². The van der Waals surface area contributed by atoms with E-state index in [4.69, 9.17) is 16.3 Å². The lowest BCUT2D eigenvalue weighted by atomic mass is 9.71. The van der Waals surface area contributed by atoms with Gasteiger partial charge in [-0.15, -0.1) is 0 Å². The van der Waals surface area contributed by atoms with Gasteiger partial charge in [0.1, 0.15) is 0 Å². The molecule has 1 amide bonds. The molecular formula is C24H27ClN2O3. The number of rotatable bonds is 4. The molecule has 2 saturated heterocycles. The number of aliphatic hydroxyl groups excluding tert-OH is 1. The average Bonchev–Trinajstić information content (AvgIpc) is 2.79. The van der Waals surface area contributed by atoms with E-state index in [9.17, 15) is 9.90 Å². The number of hydrogen-bond acceptors (Lipinski definition) is 4. The van der Waals surface area contributed by atoms with Gasteiger partial charge in [0.05, 0.1) is 6.61 Å². The van der Waals surface area contributed by atoms with Crippen LogP contribution in [0, 0.1) is 5.92 Å². The Morgan fingerprint density at radius 3 is 2.57 bits per heavy atom. The molecule has 1 N–H and O–H groups in total. The largest absolute Gasteiger partial charge is 0.395 e. The Morgan fingerprint density at radius 1 is 1.10 bits per heavy atom. The molecule has 5 rings (SSSR count). The Hall–Kier alpha value is -1.92. The highest BCUT2D eigenvalue weighted by Crippen LogP contribution is 2.49. The fraction of sp³-hybridized carbons (Fsp3) is 0.458. The second-order valence-corrected chi connectivity index (χ2v) is 8.97. The van der Waals surface area contributed by atoms with Gasteiger partial charge in [-0.3, -0.25) is 9.69 Å². The summed E-state index contributed by atoms with van der Waals surface area (Å²) in [5.74, 6) is 0.488. The van der Waals surface area contributed by atoms with Crippen molar-refractivity contribution in [3.8, 4) is 0 Å². The number of anilines is 1. The van der Waals surface area contributed by atoms with Crippen LogP contribution in [0.1, 0.15) is 29.9 Å². The number of aliphatic hydroxyl groups is 1. The van der Waals surface area contributed by atoms with Crippen molar-refractivity contribution in [2.75, 3.05) is 31.3 Å². The molecule has 6 heteroatoms. The van der Waals surface area contributed by atoms with Gasteiger partial charge >= 0.3 is 0 Å². The quantitative estimate of drug-likeness (QED) is 0.813. The van der Waals surface area contributed by atoms with Crippen LogP contribution in [-0.2, 0) is 16.1 Å². The first-order valence-electron chi connectivity index (χ1n) is 10.8. The molecule has 0 bridgehead atoms. The lowest BCUT2D eigenvalue weighted by Gasteiger charge is -2.59. The third kappa shape index (κ3) is 3.44. The van der Waals surface area contributed by atoms with Crippen LogP contribution in [0.25, 0.3) is 0 Å². The number of carbonyl (C=O) groups is 1. The summed E-state index contributed by atoms with van der Waals surface area (Å²) in [6.45, 7) is 2.84. The van der Waals surface area contributed by atoms with E-state index in [2.05, 4.69) is 17.0 Å². The molecule has 5 nitrogen and oxygen atoms in total. The van der Waals surface area contributed by atoms with Crippen LogP contribution in [0.15, 0.2) is 48.5 Å².